The molecule has 1 amide bonds. The van der Waals surface area contributed by atoms with E-state index in [0.29, 0.717) is 6.42 Å². The highest BCUT2D eigenvalue weighted by Gasteiger charge is 2.27. The molecule has 0 aromatic heterocycles. The lowest BCUT2D eigenvalue weighted by Crippen LogP contribution is -2.45. The zero-order chi connectivity index (χ0) is 19.9. The van der Waals surface area contributed by atoms with Crippen LogP contribution in [-0.2, 0) is 25.5 Å². The van der Waals surface area contributed by atoms with E-state index >= 15 is 0 Å². The number of carbonyl (C=O) groups excluding carboxylic acids is 2. The maximum atomic E-state index is 12.8. The summed E-state index contributed by atoms with van der Waals surface area (Å²) in [6.45, 7) is 0. The van der Waals surface area contributed by atoms with Crippen LogP contribution in [0.1, 0.15) is 17.2 Å². The zero-order valence-corrected chi connectivity index (χ0v) is 15.9. The first-order chi connectivity index (χ1) is 13.6. The SMILES string of the molecule is COC(=O)[C@@H](Cc1ccc2ccccc2c1)NC(=O)[C@@H](OC)c1ccccc1. The quantitative estimate of drug-likeness (QED) is 0.641. The highest BCUT2D eigenvalue weighted by atomic mass is 16.5. The van der Waals surface area contributed by atoms with Gasteiger partial charge in [0.2, 0.25) is 0 Å². The van der Waals surface area contributed by atoms with Gasteiger partial charge in [0.1, 0.15) is 6.04 Å². The smallest absolute Gasteiger partial charge is 0.328 e. The third-order valence-electron chi connectivity index (χ3n) is 4.63. The summed E-state index contributed by atoms with van der Waals surface area (Å²) in [5.74, 6) is -0.880. The van der Waals surface area contributed by atoms with Crippen molar-refractivity contribution in [2.45, 2.75) is 18.6 Å². The van der Waals surface area contributed by atoms with Gasteiger partial charge in [0.15, 0.2) is 6.10 Å². The van der Waals surface area contributed by atoms with E-state index in [-0.39, 0.29) is 5.91 Å². The fraction of sp³-hybridized carbons (Fsp3) is 0.217. The first-order valence-corrected chi connectivity index (χ1v) is 9.06. The van der Waals surface area contributed by atoms with E-state index in [4.69, 9.17) is 9.47 Å². The molecule has 0 aliphatic rings. The average molecular weight is 377 g/mol. The number of nitrogens with one attached hydrogen (secondary N) is 1. The Bertz CT molecular complexity index is 955. The van der Waals surface area contributed by atoms with Gasteiger partial charge in [0.25, 0.3) is 5.91 Å². The number of ether oxygens (including phenoxy) is 2. The van der Waals surface area contributed by atoms with Crippen LogP contribution in [0.4, 0.5) is 0 Å². The second-order valence-corrected chi connectivity index (χ2v) is 6.50. The van der Waals surface area contributed by atoms with Crippen molar-refractivity contribution < 1.29 is 19.1 Å². The molecular weight excluding hydrogens is 354 g/mol. The Morgan fingerprint density at radius 3 is 2.25 bits per heavy atom. The van der Waals surface area contributed by atoms with Crippen molar-refractivity contribution in [3.63, 3.8) is 0 Å². The summed E-state index contributed by atoms with van der Waals surface area (Å²) in [5.41, 5.74) is 1.65. The Morgan fingerprint density at radius 1 is 0.893 bits per heavy atom. The number of methoxy groups -OCH3 is 2. The largest absolute Gasteiger partial charge is 0.467 e. The lowest BCUT2D eigenvalue weighted by Gasteiger charge is -2.21. The van der Waals surface area contributed by atoms with Gasteiger partial charge in [-0.25, -0.2) is 4.79 Å². The highest BCUT2D eigenvalue weighted by molar-refractivity contribution is 5.88. The molecular formula is C23H23NO4. The molecule has 0 radical (unpaired) electrons. The number of hydrogen-bond donors (Lipinski definition) is 1. The highest BCUT2D eigenvalue weighted by Crippen LogP contribution is 2.19. The number of amides is 1. The van der Waals surface area contributed by atoms with Gasteiger partial charge in [0, 0.05) is 13.5 Å². The van der Waals surface area contributed by atoms with Gasteiger partial charge in [-0.3, -0.25) is 4.79 Å². The van der Waals surface area contributed by atoms with Crippen LogP contribution < -0.4 is 5.32 Å². The summed E-state index contributed by atoms with van der Waals surface area (Å²) in [6, 6.07) is 22.3. The van der Waals surface area contributed by atoms with Crippen molar-refractivity contribution >= 4 is 22.6 Å². The molecule has 2 atom stereocenters. The first kappa shape index (κ1) is 19.6. The Labute approximate surface area is 164 Å². The van der Waals surface area contributed by atoms with Crippen LogP contribution in [-0.4, -0.2) is 32.1 Å². The summed E-state index contributed by atoms with van der Waals surface area (Å²) in [7, 11) is 2.78. The number of rotatable bonds is 7. The Morgan fingerprint density at radius 2 is 1.57 bits per heavy atom. The van der Waals surface area contributed by atoms with E-state index in [0.717, 1.165) is 21.9 Å². The molecule has 5 nitrogen and oxygen atoms in total. The van der Waals surface area contributed by atoms with Gasteiger partial charge in [-0.2, -0.15) is 0 Å². The molecule has 0 unspecified atom stereocenters. The second kappa shape index (κ2) is 9.15. The van der Waals surface area contributed by atoms with Crippen LogP contribution in [0, 0.1) is 0 Å². The molecule has 28 heavy (non-hydrogen) atoms. The molecule has 5 heteroatoms. The normalized spacial score (nSPS) is 12.9. The van der Waals surface area contributed by atoms with Gasteiger partial charge in [-0.1, -0.05) is 72.8 Å². The van der Waals surface area contributed by atoms with E-state index in [9.17, 15) is 9.59 Å². The summed E-state index contributed by atoms with van der Waals surface area (Å²) in [6.07, 6.45) is -0.473. The van der Waals surface area contributed by atoms with Crippen molar-refractivity contribution in [3.05, 3.63) is 83.9 Å². The second-order valence-electron chi connectivity index (χ2n) is 6.50. The molecule has 0 saturated heterocycles. The summed E-state index contributed by atoms with van der Waals surface area (Å²) >= 11 is 0. The van der Waals surface area contributed by atoms with Gasteiger partial charge in [-0.05, 0) is 21.9 Å². The van der Waals surface area contributed by atoms with Gasteiger partial charge >= 0.3 is 5.97 Å². The number of esters is 1. The Hall–Kier alpha value is -3.18. The maximum absolute atomic E-state index is 12.8. The molecule has 3 aromatic rings. The molecule has 144 valence electrons. The number of carbonyl (C=O) groups is 2. The van der Waals surface area contributed by atoms with Crippen molar-refractivity contribution in [2.24, 2.45) is 0 Å². The summed E-state index contributed by atoms with van der Waals surface area (Å²) in [5, 5.41) is 4.97. The van der Waals surface area contributed by atoms with Crippen LogP contribution in [0.5, 0.6) is 0 Å². The van der Waals surface area contributed by atoms with E-state index in [2.05, 4.69) is 5.32 Å². The molecule has 0 aliphatic heterocycles. The number of benzene rings is 3. The van der Waals surface area contributed by atoms with Crippen molar-refractivity contribution in [3.8, 4) is 0 Å². The fourth-order valence-electron chi connectivity index (χ4n) is 3.21. The standard InChI is InChI=1S/C23H23NO4/c1-27-21(18-9-4-3-5-10-18)22(25)24-20(23(26)28-2)15-16-12-13-17-8-6-7-11-19(17)14-16/h3-14,20-21H,15H2,1-2H3,(H,24,25)/t20-,21+/m1/s1. The minimum atomic E-state index is -0.806. The maximum Gasteiger partial charge on any atom is 0.328 e. The fourth-order valence-corrected chi connectivity index (χ4v) is 3.21. The van der Waals surface area contributed by atoms with E-state index in [1.54, 1.807) is 0 Å². The molecule has 1 N–H and O–H groups in total. The third-order valence-corrected chi connectivity index (χ3v) is 4.63. The molecule has 3 aromatic carbocycles. The van der Waals surface area contributed by atoms with Crippen LogP contribution in [0.3, 0.4) is 0 Å². The lowest BCUT2D eigenvalue weighted by atomic mass is 10.0. The molecule has 0 bridgehead atoms. The molecule has 0 spiro atoms. The predicted molar refractivity (Wildman–Crippen MR) is 108 cm³/mol. The van der Waals surface area contributed by atoms with E-state index in [1.165, 1.54) is 14.2 Å². The van der Waals surface area contributed by atoms with Crippen molar-refractivity contribution in [1.29, 1.82) is 0 Å². The predicted octanol–water partition coefficient (Wildman–Crippen LogP) is 3.43. The van der Waals surface area contributed by atoms with Crippen molar-refractivity contribution in [1.82, 2.24) is 5.32 Å². The van der Waals surface area contributed by atoms with E-state index in [1.807, 2.05) is 72.8 Å². The number of hydrogen-bond acceptors (Lipinski definition) is 4. The van der Waals surface area contributed by atoms with Crippen molar-refractivity contribution in [2.75, 3.05) is 14.2 Å². The average Bonchev–Trinajstić information content (AvgIpc) is 2.74. The van der Waals surface area contributed by atoms with Gasteiger partial charge in [-0.15, -0.1) is 0 Å². The third kappa shape index (κ3) is 4.56. The minimum Gasteiger partial charge on any atom is -0.467 e. The molecule has 0 aliphatic carbocycles. The van der Waals surface area contributed by atoms with Crippen LogP contribution >= 0.6 is 0 Å². The molecule has 0 fully saturated rings. The number of fused-ring (bicyclic) bond motifs is 1. The summed E-state index contributed by atoms with van der Waals surface area (Å²) in [4.78, 5) is 25.0. The zero-order valence-electron chi connectivity index (χ0n) is 15.9. The molecule has 0 saturated carbocycles. The molecule has 0 heterocycles. The lowest BCUT2D eigenvalue weighted by molar-refractivity contribution is -0.146. The van der Waals surface area contributed by atoms with E-state index < -0.39 is 18.1 Å². The first-order valence-electron chi connectivity index (χ1n) is 9.06. The molecule has 3 rings (SSSR count). The minimum absolute atomic E-state index is 0.328. The monoisotopic (exact) mass is 377 g/mol. The van der Waals surface area contributed by atoms with Gasteiger partial charge < -0.3 is 14.8 Å². The van der Waals surface area contributed by atoms with Gasteiger partial charge in [0.05, 0.1) is 7.11 Å². The topological polar surface area (TPSA) is 64.6 Å². The van der Waals surface area contributed by atoms with Crippen LogP contribution in [0.2, 0.25) is 0 Å². The van der Waals surface area contributed by atoms with Crippen LogP contribution in [0.25, 0.3) is 10.8 Å². The Kier molecular flexibility index (Phi) is 6.40. The van der Waals surface area contributed by atoms with Crippen LogP contribution in [0.15, 0.2) is 72.8 Å². The Balaban J connectivity index is 1.79. The summed E-state index contributed by atoms with van der Waals surface area (Å²) < 4.78 is 10.3.